The summed E-state index contributed by atoms with van der Waals surface area (Å²) < 4.78 is 0. The predicted octanol–water partition coefficient (Wildman–Crippen LogP) is 3.44. The molecule has 0 spiro atoms. The summed E-state index contributed by atoms with van der Waals surface area (Å²) in [6.07, 6.45) is 4.68. The van der Waals surface area contributed by atoms with E-state index >= 15 is 0 Å². The lowest BCUT2D eigenvalue weighted by atomic mass is 9.89. The molecule has 2 aromatic rings. The molecule has 2 N–H and O–H groups in total. The summed E-state index contributed by atoms with van der Waals surface area (Å²) in [6.45, 7) is 0. The largest absolute Gasteiger partial charge is 0.397 e. The fraction of sp³-hybridized carbons (Fsp3) is 0.316. The fourth-order valence-electron chi connectivity index (χ4n) is 3.14. The van der Waals surface area contributed by atoms with Crippen molar-refractivity contribution < 1.29 is 4.79 Å². The van der Waals surface area contributed by atoms with E-state index in [4.69, 9.17) is 5.73 Å². The SMILES string of the molecule is CN(C)c1ccc(C(=O)c2ccc3c(c2)CCCC3)cc1N. The van der Waals surface area contributed by atoms with Crippen LogP contribution in [0.4, 0.5) is 11.4 Å². The summed E-state index contributed by atoms with van der Waals surface area (Å²) in [7, 11) is 3.88. The molecule has 0 unspecified atom stereocenters. The van der Waals surface area contributed by atoms with E-state index in [1.165, 1.54) is 24.0 Å². The van der Waals surface area contributed by atoms with Gasteiger partial charge < -0.3 is 10.6 Å². The van der Waals surface area contributed by atoms with Crippen molar-refractivity contribution in [1.82, 2.24) is 0 Å². The molecule has 0 atom stereocenters. The minimum Gasteiger partial charge on any atom is -0.397 e. The van der Waals surface area contributed by atoms with Crippen molar-refractivity contribution in [2.24, 2.45) is 0 Å². The van der Waals surface area contributed by atoms with Crippen LogP contribution in [0.25, 0.3) is 0 Å². The van der Waals surface area contributed by atoms with Crippen molar-refractivity contribution in [3.63, 3.8) is 0 Å². The third-order valence-corrected chi connectivity index (χ3v) is 4.38. The van der Waals surface area contributed by atoms with Gasteiger partial charge in [0.15, 0.2) is 5.78 Å². The number of nitrogen functional groups attached to an aromatic ring is 1. The molecule has 2 aromatic carbocycles. The molecule has 0 saturated heterocycles. The van der Waals surface area contributed by atoms with Gasteiger partial charge in [-0.3, -0.25) is 4.79 Å². The molecule has 114 valence electrons. The number of ketones is 1. The van der Waals surface area contributed by atoms with Gasteiger partial charge in [0, 0.05) is 25.2 Å². The standard InChI is InChI=1S/C19H22N2O/c1-21(2)18-10-9-16(12-17(18)20)19(22)15-8-7-13-5-3-4-6-14(13)11-15/h7-12H,3-6,20H2,1-2H3. The van der Waals surface area contributed by atoms with Crippen LogP contribution in [-0.4, -0.2) is 19.9 Å². The zero-order valence-electron chi connectivity index (χ0n) is 13.2. The number of aryl methyl sites for hydroxylation is 2. The van der Waals surface area contributed by atoms with Crippen molar-refractivity contribution in [2.75, 3.05) is 24.7 Å². The highest BCUT2D eigenvalue weighted by molar-refractivity contribution is 6.10. The lowest BCUT2D eigenvalue weighted by Gasteiger charge is -2.17. The van der Waals surface area contributed by atoms with E-state index in [-0.39, 0.29) is 5.78 Å². The summed E-state index contributed by atoms with van der Waals surface area (Å²) in [5.74, 6) is 0.0466. The van der Waals surface area contributed by atoms with E-state index in [0.717, 1.165) is 24.1 Å². The van der Waals surface area contributed by atoms with Gasteiger partial charge in [0.25, 0.3) is 0 Å². The van der Waals surface area contributed by atoms with Crippen molar-refractivity contribution in [2.45, 2.75) is 25.7 Å². The molecule has 3 heteroatoms. The third-order valence-electron chi connectivity index (χ3n) is 4.38. The van der Waals surface area contributed by atoms with Crippen LogP contribution in [0.15, 0.2) is 36.4 Å². The summed E-state index contributed by atoms with van der Waals surface area (Å²) >= 11 is 0. The molecule has 0 bridgehead atoms. The highest BCUT2D eigenvalue weighted by atomic mass is 16.1. The van der Waals surface area contributed by atoms with Crippen LogP contribution in [0.3, 0.4) is 0 Å². The van der Waals surface area contributed by atoms with Crippen molar-refractivity contribution in [3.05, 3.63) is 58.7 Å². The van der Waals surface area contributed by atoms with E-state index in [9.17, 15) is 4.79 Å². The van der Waals surface area contributed by atoms with Crippen LogP contribution in [0, 0.1) is 0 Å². The maximum Gasteiger partial charge on any atom is 0.193 e. The summed E-state index contributed by atoms with van der Waals surface area (Å²) in [5, 5.41) is 0. The second kappa shape index (κ2) is 5.84. The van der Waals surface area contributed by atoms with E-state index < -0.39 is 0 Å². The van der Waals surface area contributed by atoms with Gasteiger partial charge in [-0.25, -0.2) is 0 Å². The average Bonchev–Trinajstić information content (AvgIpc) is 2.53. The first-order valence-electron chi connectivity index (χ1n) is 7.79. The Labute approximate surface area is 131 Å². The smallest absolute Gasteiger partial charge is 0.193 e. The molecule has 0 heterocycles. The fourth-order valence-corrected chi connectivity index (χ4v) is 3.14. The molecule has 1 aliphatic rings. The number of fused-ring (bicyclic) bond motifs is 1. The van der Waals surface area contributed by atoms with Crippen molar-refractivity contribution in [3.8, 4) is 0 Å². The number of hydrogen-bond donors (Lipinski definition) is 1. The molecular formula is C19H22N2O. The summed E-state index contributed by atoms with van der Waals surface area (Å²) in [5.41, 5.74) is 11.8. The highest BCUT2D eigenvalue weighted by Crippen LogP contribution is 2.26. The first kappa shape index (κ1) is 14.6. The quantitative estimate of drug-likeness (QED) is 0.696. The zero-order valence-corrected chi connectivity index (χ0v) is 13.2. The van der Waals surface area contributed by atoms with Crippen LogP contribution in [-0.2, 0) is 12.8 Å². The van der Waals surface area contributed by atoms with Crippen molar-refractivity contribution >= 4 is 17.2 Å². The number of carbonyl (C=O) groups excluding carboxylic acids is 1. The summed E-state index contributed by atoms with van der Waals surface area (Å²) in [4.78, 5) is 14.6. The number of nitrogens with two attached hydrogens (primary N) is 1. The predicted molar refractivity (Wildman–Crippen MR) is 91.7 cm³/mol. The van der Waals surface area contributed by atoms with Crippen LogP contribution < -0.4 is 10.6 Å². The molecule has 1 aliphatic carbocycles. The Morgan fingerprint density at radius 1 is 0.955 bits per heavy atom. The molecule has 3 rings (SSSR count). The van der Waals surface area contributed by atoms with Gasteiger partial charge in [-0.15, -0.1) is 0 Å². The second-order valence-electron chi connectivity index (χ2n) is 6.19. The average molecular weight is 294 g/mol. The molecular weight excluding hydrogens is 272 g/mol. The van der Waals surface area contributed by atoms with Gasteiger partial charge in [-0.1, -0.05) is 12.1 Å². The van der Waals surface area contributed by atoms with Crippen LogP contribution in [0.1, 0.15) is 39.9 Å². The van der Waals surface area contributed by atoms with Crippen LogP contribution in [0.2, 0.25) is 0 Å². The Kier molecular flexibility index (Phi) is 3.88. The van der Waals surface area contributed by atoms with Gasteiger partial charge in [0.2, 0.25) is 0 Å². The molecule has 0 amide bonds. The number of nitrogens with zero attached hydrogens (tertiary/aromatic N) is 1. The van der Waals surface area contributed by atoms with Crippen LogP contribution >= 0.6 is 0 Å². The number of benzene rings is 2. The maximum absolute atomic E-state index is 12.7. The normalized spacial score (nSPS) is 13.5. The van der Waals surface area contributed by atoms with Gasteiger partial charge in [-0.05, 0) is 61.1 Å². The Hall–Kier alpha value is -2.29. The molecule has 3 nitrogen and oxygen atoms in total. The highest BCUT2D eigenvalue weighted by Gasteiger charge is 2.15. The number of hydrogen-bond acceptors (Lipinski definition) is 3. The number of carbonyl (C=O) groups is 1. The van der Waals surface area contributed by atoms with Gasteiger partial charge in [-0.2, -0.15) is 0 Å². The number of rotatable bonds is 3. The minimum atomic E-state index is 0.0466. The Morgan fingerprint density at radius 3 is 2.27 bits per heavy atom. The first-order chi connectivity index (χ1) is 10.6. The topological polar surface area (TPSA) is 46.3 Å². The van der Waals surface area contributed by atoms with E-state index in [2.05, 4.69) is 12.1 Å². The van der Waals surface area contributed by atoms with Gasteiger partial charge in [0.1, 0.15) is 0 Å². The van der Waals surface area contributed by atoms with E-state index in [0.29, 0.717) is 11.3 Å². The molecule has 0 radical (unpaired) electrons. The van der Waals surface area contributed by atoms with Gasteiger partial charge in [0.05, 0.1) is 11.4 Å². The van der Waals surface area contributed by atoms with E-state index in [1.807, 2.05) is 37.2 Å². The Balaban J connectivity index is 1.92. The molecule has 0 aliphatic heterocycles. The molecule has 0 aromatic heterocycles. The molecule has 0 saturated carbocycles. The Bertz CT molecular complexity index is 719. The first-order valence-corrected chi connectivity index (χ1v) is 7.79. The monoisotopic (exact) mass is 294 g/mol. The van der Waals surface area contributed by atoms with E-state index in [1.54, 1.807) is 6.07 Å². The zero-order chi connectivity index (χ0) is 15.7. The number of anilines is 2. The molecule has 22 heavy (non-hydrogen) atoms. The Morgan fingerprint density at radius 2 is 1.59 bits per heavy atom. The maximum atomic E-state index is 12.7. The lowest BCUT2D eigenvalue weighted by molar-refractivity contribution is 0.103. The van der Waals surface area contributed by atoms with Gasteiger partial charge >= 0.3 is 0 Å². The molecule has 0 fully saturated rings. The minimum absolute atomic E-state index is 0.0466. The summed E-state index contributed by atoms with van der Waals surface area (Å²) in [6, 6.07) is 11.7. The third kappa shape index (κ3) is 2.71. The lowest BCUT2D eigenvalue weighted by Crippen LogP contribution is -2.12. The van der Waals surface area contributed by atoms with Crippen molar-refractivity contribution in [1.29, 1.82) is 0 Å². The second-order valence-corrected chi connectivity index (χ2v) is 6.19. The van der Waals surface area contributed by atoms with Crippen LogP contribution in [0.5, 0.6) is 0 Å².